The fraction of sp³-hybridized carbons (Fsp3) is 0.333. The Morgan fingerprint density at radius 3 is 2.94 bits per heavy atom. The van der Waals surface area contributed by atoms with Gasteiger partial charge in [-0.25, -0.2) is 0 Å². The van der Waals surface area contributed by atoms with Gasteiger partial charge in [0.25, 0.3) is 5.91 Å². The number of hydrogen-bond acceptors (Lipinski definition) is 4. The van der Waals surface area contributed by atoms with Gasteiger partial charge in [0.1, 0.15) is 5.75 Å². The summed E-state index contributed by atoms with van der Waals surface area (Å²) in [4.78, 5) is 24.4. The van der Waals surface area contributed by atoms with Gasteiger partial charge in [-0.1, -0.05) is 0 Å². The third kappa shape index (κ3) is 1.80. The second-order valence-corrected chi connectivity index (χ2v) is 4.38. The molecule has 0 spiro atoms. The summed E-state index contributed by atoms with van der Waals surface area (Å²) in [5.74, 6) is 0.253. The monoisotopic (exact) mass is 248 g/mol. The lowest BCUT2D eigenvalue weighted by atomic mass is 10.2. The van der Waals surface area contributed by atoms with Gasteiger partial charge in [0, 0.05) is 5.69 Å². The highest BCUT2D eigenvalue weighted by Crippen LogP contribution is 2.33. The summed E-state index contributed by atoms with van der Waals surface area (Å²) < 4.78 is 5.24. The Labute approximate surface area is 103 Å². The van der Waals surface area contributed by atoms with Crippen LogP contribution in [0.25, 0.3) is 0 Å². The number of nitrogens with one attached hydrogen (secondary N) is 1. The van der Waals surface area contributed by atoms with E-state index in [1.807, 2.05) is 0 Å². The maximum Gasteiger partial charge on any atom is 0.262 e. The highest BCUT2D eigenvalue weighted by molar-refractivity contribution is 5.99. The van der Waals surface area contributed by atoms with E-state index in [9.17, 15) is 14.7 Å². The summed E-state index contributed by atoms with van der Waals surface area (Å²) in [5.41, 5.74) is 1.21. The molecule has 2 N–H and O–H groups in total. The number of benzene rings is 1. The molecule has 6 nitrogen and oxygen atoms in total. The van der Waals surface area contributed by atoms with Gasteiger partial charge in [-0.3, -0.25) is 9.59 Å². The van der Waals surface area contributed by atoms with E-state index in [2.05, 4.69) is 5.32 Å². The number of aliphatic hydroxyl groups is 1. The van der Waals surface area contributed by atoms with E-state index in [0.717, 1.165) is 0 Å². The molecule has 0 bridgehead atoms. The zero-order valence-electron chi connectivity index (χ0n) is 9.55. The van der Waals surface area contributed by atoms with E-state index < -0.39 is 6.10 Å². The van der Waals surface area contributed by atoms with Crippen LogP contribution in [0.3, 0.4) is 0 Å². The van der Waals surface area contributed by atoms with E-state index in [1.165, 1.54) is 4.90 Å². The minimum Gasteiger partial charge on any atom is -0.482 e. The van der Waals surface area contributed by atoms with Crippen molar-refractivity contribution in [2.75, 3.05) is 23.4 Å². The molecule has 94 valence electrons. The third-order valence-corrected chi connectivity index (χ3v) is 3.01. The Bertz CT molecular complexity index is 529. The van der Waals surface area contributed by atoms with E-state index in [0.29, 0.717) is 17.1 Å². The molecule has 0 saturated carbocycles. The highest BCUT2D eigenvalue weighted by atomic mass is 16.5. The molecule has 18 heavy (non-hydrogen) atoms. The molecule has 0 aromatic heterocycles. The first-order chi connectivity index (χ1) is 8.63. The lowest BCUT2D eigenvalue weighted by Gasteiger charge is -2.21. The lowest BCUT2D eigenvalue weighted by molar-refractivity contribution is -0.119. The average molecular weight is 248 g/mol. The van der Waals surface area contributed by atoms with Crippen molar-refractivity contribution in [3.8, 4) is 5.75 Å². The smallest absolute Gasteiger partial charge is 0.262 e. The quantitative estimate of drug-likeness (QED) is 0.739. The molecule has 3 rings (SSSR count). The van der Waals surface area contributed by atoms with Crippen molar-refractivity contribution in [1.82, 2.24) is 0 Å². The van der Waals surface area contributed by atoms with Crippen molar-refractivity contribution in [3.63, 3.8) is 0 Å². The van der Waals surface area contributed by atoms with Gasteiger partial charge in [-0.05, 0) is 18.2 Å². The number of carbonyl (C=O) groups is 2. The molecule has 1 aromatic carbocycles. The Kier molecular flexibility index (Phi) is 2.45. The fourth-order valence-corrected chi connectivity index (χ4v) is 2.18. The molecular weight excluding hydrogens is 236 g/mol. The van der Waals surface area contributed by atoms with Gasteiger partial charge in [0.2, 0.25) is 5.91 Å². The number of hydrogen-bond donors (Lipinski definition) is 2. The summed E-state index contributed by atoms with van der Waals surface area (Å²) in [5, 5.41) is 12.1. The third-order valence-electron chi connectivity index (χ3n) is 3.01. The minimum absolute atomic E-state index is 0.00764. The standard InChI is InChI=1S/C12H12N2O4/c15-8-4-12(17)14(5-8)7-1-2-10-9(3-7)13-11(16)6-18-10/h1-3,8,15H,4-6H2,(H,13,16). The van der Waals surface area contributed by atoms with Gasteiger partial charge in [-0.15, -0.1) is 0 Å². The predicted octanol–water partition coefficient (Wildman–Crippen LogP) is 0.115. The molecule has 1 atom stereocenters. The van der Waals surface area contributed by atoms with Crippen LogP contribution in [0.1, 0.15) is 6.42 Å². The number of nitrogens with zero attached hydrogens (tertiary/aromatic N) is 1. The topological polar surface area (TPSA) is 78.9 Å². The van der Waals surface area contributed by atoms with Gasteiger partial charge < -0.3 is 20.1 Å². The van der Waals surface area contributed by atoms with Gasteiger partial charge in [0.05, 0.1) is 24.8 Å². The van der Waals surface area contributed by atoms with Crippen LogP contribution in [0.2, 0.25) is 0 Å². The number of aliphatic hydroxyl groups excluding tert-OH is 1. The molecule has 1 fully saturated rings. The van der Waals surface area contributed by atoms with Crippen LogP contribution in [0, 0.1) is 0 Å². The zero-order valence-corrected chi connectivity index (χ0v) is 9.55. The molecule has 1 aromatic rings. The normalized spacial score (nSPS) is 22.5. The molecule has 0 aliphatic carbocycles. The van der Waals surface area contributed by atoms with Gasteiger partial charge >= 0.3 is 0 Å². The number of fused-ring (bicyclic) bond motifs is 1. The number of rotatable bonds is 1. The summed E-state index contributed by atoms with van der Waals surface area (Å²) in [6, 6.07) is 5.14. The van der Waals surface area contributed by atoms with Crippen molar-refractivity contribution in [2.45, 2.75) is 12.5 Å². The van der Waals surface area contributed by atoms with Crippen molar-refractivity contribution in [3.05, 3.63) is 18.2 Å². The van der Waals surface area contributed by atoms with Crippen molar-refractivity contribution < 1.29 is 19.4 Å². The Morgan fingerprint density at radius 2 is 2.22 bits per heavy atom. The highest BCUT2D eigenvalue weighted by Gasteiger charge is 2.29. The number of anilines is 2. The number of β-amino-alcohol motifs (C(OH)–C–C–N with tert-alkyl or cyclic N) is 1. The number of amides is 2. The summed E-state index contributed by atoms with van der Waals surface area (Å²) >= 11 is 0. The molecular formula is C12H12N2O4. The fourth-order valence-electron chi connectivity index (χ4n) is 2.18. The first-order valence-corrected chi connectivity index (χ1v) is 5.68. The first kappa shape index (κ1) is 11.0. The SMILES string of the molecule is O=C1COc2ccc(N3CC(O)CC3=O)cc2N1. The van der Waals surface area contributed by atoms with Crippen LogP contribution in [0.5, 0.6) is 5.75 Å². The molecule has 2 aliphatic rings. The molecule has 6 heteroatoms. The van der Waals surface area contributed by atoms with E-state index >= 15 is 0 Å². The Balaban J connectivity index is 1.92. The van der Waals surface area contributed by atoms with Crippen LogP contribution < -0.4 is 15.0 Å². The van der Waals surface area contributed by atoms with E-state index in [1.54, 1.807) is 18.2 Å². The molecule has 2 amide bonds. The second kappa shape index (κ2) is 3.99. The van der Waals surface area contributed by atoms with Crippen LogP contribution >= 0.6 is 0 Å². The van der Waals surface area contributed by atoms with Crippen LogP contribution in [0.15, 0.2) is 18.2 Å². The molecule has 2 heterocycles. The van der Waals surface area contributed by atoms with Crippen molar-refractivity contribution >= 4 is 23.2 Å². The Morgan fingerprint density at radius 1 is 1.39 bits per heavy atom. The second-order valence-electron chi connectivity index (χ2n) is 4.38. The maximum atomic E-state index is 11.7. The first-order valence-electron chi connectivity index (χ1n) is 5.68. The van der Waals surface area contributed by atoms with Crippen molar-refractivity contribution in [2.24, 2.45) is 0 Å². The summed E-state index contributed by atoms with van der Waals surface area (Å²) in [6.07, 6.45) is -0.487. The Hall–Kier alpha value is -2.08. The molecule has 0 radical (unpaired) electrons. The molecule has 2 aliphatic heterocycles. The largest absolute Gasteiger partial charge is 0.482 e. The maximum absolute atomic E-state index is 11.7. The summed E-state index contributed by atoms with van der Waals surface area (Å²) in [7, 11) is 0. The van der Waals surface area contributed by atoms with E-state index in [-0.39, 0.29) is 31.4 Å². The minimum atomic E-state index is -0.626. The zero-order chi connectivity index (χ0) is 12.7. The number of ether oxygens (including phenoxy) is 1. The van der Waals surface area contributed by atoms with Crippen LogP contribution in [-0.4, -0.2) is 36.2 Å². The predicted molar refractivity (Wildman–Crippen MR) is 63.5 cm³/mol. The van der Waals surface area contributed by atoms with Crippen LogP contribution in [0.4, 0.5) is 11.4 Å². The van der Waals surface area contributed by atoms with Gasteiger partial charge in [0.15, 0.2) is 6.61 Å². The van der Waals surface area contributed by atoms with Crippen LogP contribution in [-0.2, 0) is 9.59 Å². The lowest BCUT2D eigenvalue weighted by Crippen LogP contribution is -2.27. The summed E-state index contributed by atoms with van der Waals surface area (Å²) in [6.45, 7) is 0.292. The van der Waals surface area contributed by atoms with Crippen molar-refractivity contribution in [1.29, 1.82) is 0 Å². The van der Waals surface area contributed by atoms with E-state index in [4.69, 9.17) is 4.74 Å². The number of carbonyl (C=O) groups excluding carboxylic acids is 2. The molecule has 1 unspecified atom stereocenters. The average Bonchev–Trinajstić information content (AvgIpc) is 2.67. The van der Waals surface area contributed by atoms with Gasteiger partial charge in [-0.2, -0.15) is 0 Å². The molecule has 1 saturated heterocycles.